The fraction of sp³-hybridized carbons (Fsp3) is 0.182. The van der Waals surface area contributed by atoms with Crippen LogP contribution in [0.5, 0.6) is 0 Å². The van der Waals surface area contributed by atoms with Crippen LogP contribution in [0.1, 0.15) is 34.1 Å². The van der Waals surface area contributed by atoms with Gasteiger partial charge in [0.05, 0.1) is 16.8 Å². The molecule has 1 aliphatic heterocycles. The van der Waals surface area contributed by atoms with Crippen molar-refractivity contribution < 1.29 is 9.90 Å². The zero-order valence-electron chi connectivity index (χ0n) is 14.6. The van der Waals surface area contributed by atoms with Gasteiger partial charge < -0.3 is 5.11 Å². The molecule has 3 aromatic rings. The molecule has 0 amide bonds. The largest absolute Gasteiger partial charge is 0.478 e. The first-order valence-electron chi connectivity index (χ1n) is 8.80. The van der Waals surface area contributed by atoms with Crippen LogP contribution in [0.25, 0.3) is 22.6 Å². The minimum absolute atomic E-state index is 0.378. The van der Waals surface area contributed by atoms with Gasteiger partial charge in [0.15, 0.2) is 0 Å². The van der Waals surface area contributed by atoms with Crippen molar-refractivity contribution in [3.05, 3.63) is 77.0 Å². The van der Waals surface area contributed by atoms with Gasteiger partial charge in [0.25, 0.3) is 0 Å². The van der Waals surface area contributed by atoms with E-state index in [0.717, 1.165) is 41.0 Å². The average Bonchev–Trinajstić information content (AvgIpc) is 2.66. The minimum atomic E-state index is -0.892. The molecule has 1 aliphatic rings. The second kappa shape index (κ2) is 6.73. The highest BCUT2D eigenvalue weighted by molar-refractivity contribution is 6.05. The highest BCUT2D eigenvalue weighted by atomic mass is 16.4. The number of para-hydroxylation sites is 1. The van der Waals surface area contributed by atoms with Crippen LogP contribution in [-0.2, 0) is 6.54 Å². The summed E-state index contributed by atoms with van der Waals surface area (Å²) < 4.78 is 0. The smallest absolute Gasteiger partial charge is 0.336 e. The van der Waals surface area contributed by atoms with E-state index in [1.807, 2.05) is 42.5 Å². The quantitative estimate of drug-likeness (QED) is 0.769. The summed E-state index contributed by atoms with van der Waals surface area (Å²) >= 11 is 0. The molecule has 130 valence electrons. The van der Waals surface area contributed by atoms with E-state index in [1.165, 1.54) is 0 Å². The number of hydrogen-bond donors (Lipinski definition) is 1. The van der Waals surface area contributed by atoms with Crippen LogP contribution in [0.15, 0.2) is 54.6 Å². The van der Waals surface area contributed by atoms with Crippen molar-refractivity contribution in [2.45, 2.75) is 13.5 Å². The molecule has 0 unspecified atom stereocenters. The molecule has 2 heterocycles. The summed E-state index contributed by atoms with van der Waals surface area (Å²) in [5.74, 6) is -0.892. The molecule has 0 radical (unpaired) electrons. The molecule has 0 atom stereocenters. The van der Waals surface area contributed by atoms with Crippen molar-refractivity contribution in [2.75, 3.05) is 13.1 Å². The van der Waals surface area contributed by atoms with Gasteiger partial charge in [-0.3, -0.25) is 4.90 Å². The van der Waals surface area contributed by atoms with Gasteiger partial charge in [0, 0.05) is 24.0 Å². The van der Waals surface area contributed by atoms with Crippen LogP contribution >= 0.6 is 0 Å². The lowest BCUT2D eigenvalue weighted by Crippen LogP contribution is -2.31. The van der Waals surface area contributed by atoms with Crippen molar-refractivity contribution in [2.24, 2.45) is 0 Å². The first-order valence-corrected chi connectivity index (χ1v) is 8.80. The number of carboxylic acid groups (broad SMARTS) is 1. The first kappa shape index (κ1) is 16.5. The molecule has 1 N–H and O–H groups in total. The summed E-state index contributed by atoms with van der Waals surface area (Å²) in [6.45, 7) is 4.33. The molecule has 4 nitrogen and oxygen atoms in total. The van der Waals surface area contributed by atoms with Gasteiger partial charge in [-0.2, -0.15) is 0 Å². The maximum absolute atomic E-state index is 12.1. The highest BCUT2D eigenvalue weighted by Crippen LogP contribution is 2.33. The summed E-state index contributed by atoms with van der Waals surface area (Å²) in [6, 6.07) is 17.6. The summed E-state index contributed by atoms with van der Waals surface area (Å²) in [6.07, 6.45) is 2.12. The Balaban J connectivity index is 2.00. The zero-order chi connectivity index (χ0) is 18.1. The van der Waals surface area contributed by atoms with Crippen molar-refractivity contribution in [3.8, 4) is 0 Å². The number of likely N-dealkylation sites (N-methyl/N-ethyl adjacent to an activating group) is 1. The van der Waals surface area contributed by atoms with Gasteiger partial charge in [0.1, 0.15) is 0 Å². The first-order chi connectivity index (χ1) is 12.7. The lowest BCUT2D eigenvalue weighted by molar-refractivity contribution is 0.0696. The maximum Gasteiger partial charge on any atom is 0.336 e. The van der Waals surface area contributed by atoms with Crippen molar-refractivity contribution >= 4 is 28.5 Å². The minimum Gasteiger partial charge on any atom is -0.478 e. The Morgan fingerprint density at radius 1 is 1.12 bits per heavy atom. The molecule has 0 saturated heterocycles. The topological polar surface area (TPSA) is 53.4 Å². The van der Waals surface area contributed by atoms with Crippen LogP contribution in [-0.4, -0.2) is 34.0 Å². The van der Waals surface area contributed by atoms with E-state index in [-0.39, 0.29) is 0 Å². The maximum atomic E-state index is 12.1. The van der Waals surface area contributed by atoms with E-state index in [1.54, 1.807) is 0 Å². The summed E-state index contributed by atoms with van der Waals surface area (Å²) in [5, 5.41) is 10.6. The number of benzene rings is 2. The van der Waals surface area contributed by atoms with E-state index in [9.17, 15) is 9.90 Å². The fourth-order valence-electron chi connectivity index (χ4n) is 3.60. The van der Waals surface area contributed by atoms with Gasteiger partial charge >= 0.3 is 5.97 Å². The Hall–Kier alpha value is -2.98. The molecule has 1 aromatic heterocycles. The third-order valence-electron chi connectivity index (χ3n) is 4.87. The number of aromatic carboxylic acids is 1. The number of pyridine rings is 1. The Kier molecular flexibility index (Phi) is 4.27. The van der Waals surface area contributed by atoms with E-state index < -0.39 is 5.97 Å². The predicted molar refractivity (Wildman–Crippen MR) is 104 cm³/mol. The van der Waals surface area contributed by atoms with E-state index in [0.29, 0.717) is 17.5 Å². The zero-order valence-corrected chi connectivity index (χ0v) is 14.6. The predicted octanol–water partition coefficient (Wildman–Crippen LogP) is 4.31. The molecule has 4 heteroatoms. The molecular formula is C22H20N2O2. The van der Waals surface area contributed by atoms with Crippen molar-refractivity contribution in [1.29, 1.82) is 0 Å². The van der Waals surface area contributed by atoms with Crippen LogP contribution in [0.4, 0.5) is 0 Å². The number of carboxylic acids is 1. The van der Waals surface area contributed by atoms with Gasteiger partial charge in [-0.15, -0.1) is 0 Å². The van der Waals surface area contributed by atoms with Crippen LogP contribution in [0.3, 0.4) is 0 Å². The number of fused-ring (bicyclic) bond motifs is 2. The second-order valence-corrected chi connectivity index (χ2v) is 6.52. The molecular weight excluding hydrogens is 324 g/mol. The van der Waals surface area contributed by atoms with Gasteiger partial charge in [-0.25, -0.2) is 9.78 Å². The van der Waals surface area contributed by atoms with Gasteiger partial charge in [-0.1, -0.05) is 55.5 Å². The standard InChI is InChI=1S/C22H20N2O2/c1-2-24-13-16(12-15-8-4-3-5-9-15)21-18(14-24)20(22(25)26)17-10-6-7-11-19(17)23-21/h3-12H,2,13-14H2,1H3,(H,25,26). The molecule has 0 aliphatic carbocycles. The molecule has 4 rings (SSSR count). The van der Waals surface area contributed by atoms with Crippen LogP contribution in [0.2, 0.25) is 0 Å². The number of carbonyl (C=O) groups is 1. The fourth-order valence-corrected chi connectivity index (χ4v) is 3.60. The monoisotopic (exact) mass is 344 g/mol. The van der Waals surface area contributed by atoms with E-state index in [2.05, 4.69) is 30.0 Å². The third-order valence-corrected chi connectivity index (χ3v) is 4.87. The Morgan fingerprint density at radius 2 is 1.85 bits per heavy atom. The molecule has 0 bridgehead atoms. The number of aromatic nitrogens is 1. The lowest BCUT2D eigenvalue weighted by Gasteiger charge is -2.30. The third kappa shape index (κ3) is 2.89. The summed E-state index contributed by atoms with van der Waals surface area (Å²) in [4.78, 5) is 19.2. The molecule has 2 aromatic carbocycles. The van der Waals surface area contributed by atoms with Gasteiger partial charge in [0.2, 0.25) is 0 Å². The Bertz CT molecular complexity index is 1010. The molecule has 26 heavy (non-hydrogen) atoms. The van der Waals surface area contributed by atoms with E-state index in [4.69, 9.17) is 4.98 Å². The summed E-state index contributed by atoms with van der Waals surface area (Å²) in [7, 11) is 0. The average molecular weight is 344 g/mol. The number of hydrogen-bond acceptors (Lipinski definition) is 3. The van der Waals surface area contributed by atoms with Gasteiger partial charge in [-0.05, 0) is 29.8 Å². The van der Waals surface area contributed by atoms with Crippen molar-refractivity contribution in [1.82, 2.24) is 9.88 Å². The molecule has 0 fully saturated rings. The Morgan fingerprint density at radius 3 is 2.58 bits per heavy atom. The number of rotatable bonds is 3. The van der Waals surface area contributed by atoms with Crippen molar-refractivity contribution in [3.63, 3.8) is 0 Å². The summed E-state index contributed by atoms with van der Waals surface area (Å²) in [5.41, 5.74) is 4.89. The second-order valence-electron chi connectivity index (χ2n) is 6.52. The SMILES string of the molecule is CCN1CC(=Cc2ccccc2)c2nc3ccccc3c(C(=O)O)c2C1. The van der Waals surface area contributed by atoms with Crippen LogP contribution in [0, 0.1) is 0 Å². The normalized spacial score (nSPS) is 16.0. The van der Waals surface area contributed by atoms with E-state index >= 15 is 0 Å². The number of nitrogens with zero attached hydrogens (tertiary/aromatic N) is 2. The Labute approximate surface area is 152 Å². The molecule has 0 spiro atoms. The van der Waals surface area contributed by atoms with Crippen LogP contribution < -0.4 is 0 Å². The molecule has 0 saturated carbocycles. The lowest BCUT2D eigenvalue weighted by atomic mass is 9.92. The highest BCUT2D eigenvalue weighted by Gasteiger charge is 2.27.